The Labute approximate surface area is 162 Å². The maximum atomic E-state index is 13.7. The summed E-state index contributed by atoms with van der Waals surface area (Å²) in [6, 6.07) is 10.6. The summed E-state index contributed by atoms with van der Waals surface area (Å²) in [5, 5.41) is 11.9. The van der Waals surface area contributed by atoms with E-state index in [0.29, 0.717) is 68.2 Å². The van der Waals surface area contributed by atoms with Gasteiger partial charge in [0.2, 0.25) is 0 Å². The first-order valence-electron chi connectivity index (χ1n) is 9.45. The zero-order chi connectivity index (χ0) is 19.5. The smallest absolute Gasteiger partial charge is 0.256 e. The van der Waals surface area contributed by atoms with Crippen LogP contribution in [-0.2, 0) is 17.6 Å². The molecule has 144 valence electrons. The molecule has 1 amide bonds. The topological polar surface area (TPSA) is 78.3 Å². The number of nitrogens with zero attached hydrogens (tertiary/aromatic N) is 3. The van der Waals surface area contributed by atoms with E-state index in [2.05, 4.69) is 11.4 Å². The van der Waals surface area contributed by atoms with E-state index in [0.717, 1.165) is 11.3 Å². The van der Waals surface area contributed by atoms with E-state index in [4.69, 9.17) is 15.0 Å². The predicted octanol–water partition coefficient (Wildman–Crippen LogP) is 2.87. The number of nitrogens with one attached hydrogen (secondary N) is 1. The molecular weight excluding hydrogens is 359 g/mol. The van der Waals surface area contributed by atoms with Gasteiger partial charge in [-0.1, -0.05) is 6.07 Å². The second-order valence-corrected chi connectivity index (χ2v) is 7.04. The van der Waals surface area contributed by atoms with Gasteiger partial charge in [0, 0.05) is 29.9 Å². The molecule has 1 saturated heterocycles. The van der Waals surface area contributed by atoms with E-state index in [1.165, 1.54) is 0 Å². The number of aromatic nitrogens is 1. The summed E-state index contributed by atoms with van der Waals surface area (Å²) in [6.45, 7) is 1.98. The van der Waals surface area contributed by atoms with Crippen LogP contribution in [0.25, 0.3) is 0 Å². The largest absolute Gasteiger partial charge is 0.381 e. The van der Waals surface area contributed by atoms with Gasteiger partial charge < -0.3 is 15.0 Å². The molecular formula is C21H21FN4O2. The Kier molecular flexibility index (Phi) is 5.22. The first-order chi connectivity index (χ1) is 13.6. The number of carbonyl (C=O) groups is 1. The standard InChI is InChI=1S/C21H21FN4O2/c22-15-4-7-26(13-15)20-11-18(17-5-8-28-9-6-19(17)25-20)21(27)24-16-3-1-2-14(10-16)12-23/h1-3,10-11,15H,4-9,13H2,(H,24,27). The van der Waals surface area contributed by atoms with Gasteiger partial charge in [0.15, 0.2) is 0 Å². The van der Waals surface area contributed by atoms with E-state index < -0.39 is 6.17 Å². The van der Waals surface area contributed by atoms with Crippen molar-refractivity contribution in [3.05, 3.63) is 52.7 Å². The van der Waals surface area contributed by atoms with Gasteiger partial charge in [0.1, 0.15) is 12.0 Å². The number of benzene rings is 1. The molecule has 28 heavy (non-hydrogen) atoms. The van der Waals surface area contributed by atoms with Crippen LogP contribution in [0.1, 0.15) is 33.6 Å². The van der Waals surface area contributed by atoms with E-state index in [1.807, 2.05) is 4.90 Å². The summed E-state index contributed by atoms with van der Waals surface area (Å²) in [7, 11) is 0. The lowest BCUT2D eigenvalue weighted by atomic mass is 10.0. The summed E-state index contributed by atoms with van der Waals surface area (Å²) >= 11 is 0. The highest BCUT2D eigenvalue weighted by molar-refractivity contribution is 6.06. The predicted molar refractivity (Wildman–Crippen MR) is 103 cm³/mol. The van der Waals surface area contributed by atoms with E-state index >= 15 is 0 Å². The second-order valence-electron chi connectivity index (χ2n) is 7.04. The quantitative estimate of drug-likeness (QED) is 0.886. The monoisotopic (exact) mass is 380 g/mol. The van der Waals surface area contributed by atoms with Crippen molar-refractivity contribution in [2.45, 2.75) is 25.4 Å². The van der Waals surface area contributed by atoms with E-state index in [1.54, 1.807) is 30.3 Å². The molecule has 3 heterocycles. The fourth-order valence-electron chi connectivity index (χ4n) is 3.70. The SMILES string of the molecule is N#Cc1cccc(NC(=O)c2cc(N3CCC(F)C3)nc3c2CCOCC3)c1. The van der Waals surface area contributed by atoms with Crippen LogP contribution in [0.3, 0.4) is 0 Å². The number of fused-ring (bicyclic) bond motifs is 1. The van der Waals surface area contributed by atoms with Crippen molar-refractivity contribution in [1.29, 1.82) is 5.26 Å². The molecule has 2 aliphatic rings. The first-order valence-corrected chi connectivity index (χ1v) is 9.45. The Morgan fingerprint density at radius 1 is 1.32 bits per heavy atom. The minimum Gasteiger partial charge on any atom is -0.381 e. The Bertz CT molecular complexity index is 940. The molecule has 0 aliphatic carbocycles. The number of halogens is 1. The van der Waals surface area contributed by atoms with Crippen LogP contribution in [-0.4, -0.2) is 43.4 Å². The number of carbonyl (C=O) groups excluding carboxylic acids is 1. The fraction of sp³-hybridized carbons (Fsp3) is 0.381. The van der Waals surface area contributed by atoms with Crippen LogP contribution in [0.2, 0.25) is 0 Å². The third-order valence-corrected chi connectivity index (χ3v) is 5.12. The Morgan fingerprint density at radius 3 is 2.96 bits per heavy atom. The second kappa shape index (κ2) is 7.95. The number of pyridine rings is 1. The zero-order valence-electron chi connectivity index (χ0n) is 15.4. The van der Waals surface area contributed by atoms with Crippen molar-refractivity contribution < 1.29 is 13.9 Å². The molecule has 0 bridgehead atoms. The fourth-order valence-corrected chi connectivity index (χ4v) is 3.70. The average molecular weight is 380 g/mol. The summed E-state index contributed by atoms with van der Waals surface area (Å²) in [6.07, 6.45) is 0.842. The number of amides is 1. The van der Waals surface area contributed by atoms with E-state index in [9.17, 15) is 9.18 Å². The minimum absolute atomic E-state index is 0.257. The number of hydrogen-bond acceptors (Lipinski definition) is 5. The molecule has 1 aromatic carbocycles. The Balaban J connectivity index is 1.69. The molecule has 7 heteroatoms. The van der Waals surface area contributed by atoms with Gasteiger partial charge in [-0.3, -0.25) is 4.79 Å². The van der Waals surface area contributed by atoms with Gasteiger partial charge in [-0.15, -0.1) is 0 Å². The molecule has 2 aromatic rings. The van der Waals surface area contributed by atoms with Crippen molar-refractivity contribution in [2.75, 3.05) is 36.5 Å². The Morgan fingerprint density at radius 2 is 2.18 bits per heavy atom. The molecule has 0 radical (unpaired) electrons. The summed E-state index contributed by atoms with van der Waals surface area (Å²) in [5.74, 6) is 0.379. The van der Waals surface area contributed by atoms with Crippen molar-refractivity contribution in [1.82, 2.24) is 4.98 Å². The summed E-state index contributed by atoms with van der Waals surface area (Å²) in [4.78, 5) is 19.7. The van der Waals surface area contributed by atoms with Gasteiger partial charge in [0.25, 0.3) is 5.91 Å². The molecule has 0 saturated carbocycles. The third kappa shape index (κ3) is 3.82. The lowest BCUT2D eigenvalue weighted by Gasteiger charge is -2.20. The number of ether oxygens (including phenoxy) is 1. The lowest BCUT2D eigenvalue weighted by Crippen LogP contribution is -2.24. The Hall–Kier alpha value is -2.98. The summed E-state index contributed by atoms with van der Waals surface area (Å²) in [5.41, 5.74) is 3.30. The number of anilines is 2. The van der Waals surface area contributed by atoms with Gasteiger partial charge in [-0.25, -0.2) is 9.37 Å². The van der Waals surface area contributed by atoms with Crippen molar-refractivity contribution in [3.63, 3.8) is 0 Å². The third-order valence-electron chi connectivity index (χ3n) is 5.12. The normalized spacial score (nSPS) is 18.9. The highest BCUT2D eigenvalue weighted by Gasteiger charge is 2.26. The number of alkyl halides is 1. The average Bonchev–Trinajstić information content (AvgIpc) is 3.00. The van der Waals surface area contributed by atoms with Gasteiger partial charge in [-0.05, 0) is 42.7 Å². The van der Waals surface area contributed by atoms with E-state index in [-0.39, 0.29) is 5.91 Å². The van der Waals surface area contributed by atoms with Crippen LogP contribution in [0, 0.1) is 11.3 Å². The van der Waals surface area contributed by atoms with Crippen molar-refractivity contribution in [3.8, 4) is 6.07 Å². The van der Waals surface area contributed by atoms with Crippen LogP contribution in [0.4, 0.5) is 15.9 Å². The molecule has 1 N–H and O–H groups in total. The van der Waals surface area contributed by atoms with Crippen LogP contribution in [0.15, 0.2) is 30.3 Å². The minimum atomic E-state index is -0.866. The number of rotatable bonds is 3. The zero-order valence-corrected chi connectivity index (χ0v) is 15.4. The van der Waals surface area contributed by atoms with Crippen molar-refractivity contribution >= 4 is 17.4 Å². The molecule has 6 nitrogen and oxygen atoms in total. The molecule has 1 fully saturated rings. The first kappa shape index (κ1) is 18.4. The van der Waals surface area contributed by atoms with Gasteiger partial charge >= 0.3 is 0 Å². The molecule has 1 atom stereocenters. The van der Waals surface area contributed by atoms with Crippen LogP contribution >= 0.6 is 0 Å². The maximum absolute atomic E-state index is 13.7. The highest BCUT2D eigenvalue weighted by atomic mass is 19.1. The molecule has 1 unspecified atom stereocenters. The molecule has 2 aliphatic heterocycles. The van der Waals surface area contributed by atoms with Gasteiger partial charge in [-0.2, -0.15) is 5.26 Å². The number of hydrogen-bond donors (Lipinski definition) is 1. The lowest BCUT2D eigenvalue weighted by molar-refractivity contribution is 0.102. The molecule has 0 spiro atoms. The van der Waals surface area contributed by atoms with Gasteiger partial charge in [0.05, 0.1) is 31.4 Å². The number of nitriles is 1. The maximum Gasteiger partial charge on any atom is 0.256 e. The summed E-state index contributed by atoms with van der Waals surface area (Å²) < 4.78 is 19.2. The van der Waals surface area contributed by atoms with Crippen LogP contribution in [0.5, 0.6) is 0 Å². The van der Waals surface area contributed by atoms with Crippen molar-refractivity contribution in [2.24, 2.45) is 0 Å². The van der Waals surface area contributed by atoms with Crippen LogP contribution < -0.4 is 10.2 Å². The molecule has 4 rings (SSSR count). The highest BCUT2D eigenvalue weighted by Crippen LogP contribution is 2.27. The molecule has 1 aromatic heterocycles.